The molecule has 1 N–H and O–H groups in total. The van der Waals surface area contributed by atoms with E-state index in [-0.39, 0.29) is 22.6 Å². The highest BCUT2D eigenvalue weighted by molar-refractivity contribution is 9.09. The van der Waals surface area contributed by atoms with E-state index < -0.39 is 5.60 Å². The molecule has 40 heavy (non-hydrogen) atoms. The number of aliphatic hydroxyl groups is 1. The summed E-state index contributed by atoms with van der Waals surface area (Å²) in [6.07, 6.45) is 11.6. The third-order valence-electron chi connectivity index (χ3n) is 12.5. The van der Waals surface area contributed by atoms with Gasteiger partial charge in [-0.05, 0) is 104 Å². The molecular formula is C34H49BrFNO2S. The molecule has 1 aliphatic heterocycles. The zero-order valence-electron chi connectivity index (χ0n) is 25.0. The van der Waals surface area contributed by atoms with Gasteiger partial charge in [0.1, 0.15) is 11.4 Å². The van der Waals surface area contributed by atoms with Crippen LogP contribution in [0, 0.1) is 52.2 Å². The fourth-order valence-corrected chi connectivity index (χ4v) is 13.5. The highest BCUT2D eigenvalue weighted by Crippen LogP contribution is 2.73. The van der Waals surface area contributed by atoms with E-state index in [2.05, 4.69) is 50.5 Å². The van der Waals surface area contributed by atoms with Crippen LogP contribution in [0.2, 0.25) is 0 Å². The van der Waals surface area contributed by atoms with Crippen LogP contribution >= 0.6 is 27.7 Å². The van der Waals surface area contributed by atoms with Gasteiger partial charge in [-0.15, -0.1) is 0 Å². The van der Waals surface area contributed by atoms with Crippen molar-refractivity contribution in [1.82, 2.24) is 0 Å². The van der Waals surface area contributed by atoms with Gasteiger partial charge in [0.05, 0.1) is 17.0 Å². The number of rotatable bonds is 6. The smallest absolute Gasteiger partial charge is 0.252 e. The lowest BCUT2D eigenvalue weighted by Crippen LogP contribution is -2.70. The fraction of sp³-hybridized carbons (Fsp3) is 0.794. The molecule has 5 fully saturated rings. The van der Waals surface area contributed by atoms with Crippen LogP contribution in [-0.2, 0) is 4.74 Å². The van der Waals surface area contributed by atoms with Crippen LogP contribution in [0.3, 0.4) is 0 Å². The third kappa shape index (κ3) is 4.64. The summed E-state index contributed by atoms with van der Waals surface area (Å²) in [5.74, 6) is 4.08. The molecule has 1 heterocycles. The molecule has 1 spiro atoms. The van der Waals surface area contributed by atoms with E-state index >= 15 is 0 Å². The summed E-state index contributed by atoms with van der Waals surface area (Å²) in [5.41, 5.74) is 0.697. The molecule has 4 aliphatic carbocycles. The molecule has 0 radical (unpaired) electrons. The second-order valence-corrected chi connectivity index (χ2v) is 17.1. The zero-order valence-corrected chi connectivity index (χ0v) is 27.4. The quantitative estimate of drug-likeness (QED) is 0.317. The van der Waals surface area contributed by atoms with E-state index in [1.54, 1.807) is 23.9 Å². The van der Waals surface area contributed by atoms with E-state index in [9.17, 15) is 9.50 Å². The number of aliphatic imine (C=N–C) groups is 1. The van der Waals surface area contributed by atoms with Crippen LogP contribution in [0.25, 0.3) is 0 Å². The van der Waals surface area contributed by atoms with Crippen molar-refractivity contribution in [2.45, 2.75) is 121 Å². The van der Waals surface area contributed by atoms with Gasteiger partial charge in [-0.2, -0.15) is 0 Å². The number of aliphatic hydroxyl groups excluding tert-OH is 1. The monoisotopic (exact) mass is 633 g/mol. The molecule has 6 heteroatoms. The fourth-order valence-electron chi connectivity index (χ4n) is 10.5. The first-order chi connectivity index (χ1) is 19.0. The maximum Gasteiger partial charge on any atom is 0.252 e. The molecule has 3 nitrogen and oxygen atoms in total. The molecule has 0 aromatic heterocycles. The molecule has 0 amide bonds. The van der Waals surface area contributed by atoms with E-state index in [0.717, 1.165) is 42.2 Å². The number of benzene rings is 1. The summed E-state index contributed by atoms with van der Waals surface area (Å²) in [6, 6.07) is 6.36. The Balaban J connectivity index is 1.31. The maximum absolute atomic E-state index is 13.6. The summed E-state index contributed by atoms with van der Waals surface area (Å²) in [4.78, 5) is 5.18. The normalized spacial score (nSPS) is 45.9. The van der Waals surface area contributed by atoms with Crippen LogP contribution in [0.5, 0.6) is 0 Å². The molecule has 222 valence electrons. The van der Waals surface area contributed by atoms with Gasteiger partial charge in [-0.3, -0.25) is 0 Å². The summed E-state index contributed by atoms with van der Waals surface area (Å²) in [6.45, 7) is 12.4. The lowest BCUT2D eigenvalue weighted by molar-refractivity contribution is -0.200. The van der Waals surface area contributed by atoms with Crippen molar-refractivity contribution in [1.29, 1.82) is 0 Å². The second kappa shape index (κ2) is 10.8. The van der Waals surface area contributed by atoms with E-state index in [1.807, 2.05) is 0 Å². The van der Waals surface area contributed by atoms with Crippen molar-refractivity contribution >= 4 is 38.6 Å². The number of nitrogens with zero attached hydrogens (tertiary/aromatic N) is 1. The molecule has 11 atom stereocenters. The average Bonchev–Trinajstić information content (AvgIpc) is 3.44. The Bertz CT molecular complexity index is 1110. The van der Waals surface area contributed by atoms with Crippen LogP contribution in [0.4, 0.5) is 10.1 Å². The van der Waals surface area contributed by atoms with Gasteiger partial charge < -0.3 is 9.84 Å². The topological polar surface area (TPSA) is 41.8 Å². The predicted molar refractivity (Wildman–Crippen MR) is 168 cm³/mol. The molecular weight excluding hydrogens is 585 g/mol. The van der Waals surface area contributed by atoms with Gasteiger partial charge in [0.2, 0.25) is 0 Å². The Morgan fingerprint density at radius 1 is 1.05 bits per heavy atom. The minimum atomic E-state index is -0.431. The average molecular weight is 635 g/mol. The molecule has 5 aliphatic rings. The molecule has 1 aromatic rings. The van der Waals surface area contributed by atoms with Gasteiger partial charge in [0.15, 0.2) is 0 Å². The van der Waals surface area contributed by atoms with Gasteiger partial charge in [0, 0.05) is 16.7 Å². The van der Waals surface area contributed by atoms with Crippen molar-refractivity contribution in [3.05, 3.63) is 30.1 Å². The summed E-state index contributed by atoms with van der Waals surface area (Å²) < 4.78 is 20.5. The Kier molecular flexibility index (Phi) is 7.99. The van der Waals surface area contributed by atoms with Crippen LogP contribution in [-0.4, -0.2) is 32.1 Å². The number of thioether (sulfide) groups is 1. The molecule has 6 rings (SSSR count). The summed E-state index contributed by atoms with van der Waals surface area (Å²) in [5, 5.41) is 11.9. The number of halogens is 2. The summed E-state index contributed by atoms with van der Waals surface area (Å²) >= 11 is 6.11. The molecule has 1 aromatic carbocycles. The number of ether oxygens (including phenoxy) is 1. The van der Waals surface area contributed by atoms with E-state index in [1.165, 1.54) is 57.1 Å². The van der Waals surface area contributed by atoms with Crippen LogP contribution < -0.4 is 0 Å². The predicted octanol–water partition coefficient (Wildman–Crippen LogP) is 9.53. The maximum atomic E-state index is 13.6. The number of fused-ring (bicyclic) bond motifs is 4. The van der Waals surface area contributed by atoms with Crippen molar-refractivity contribution < 1.29 is 14.2 Å². The van der Waals surface area contributed by atoms with Crippen molar-refractivity contribution in [3.63, 3.8) is 0 Å². The first-order valence-corrected chi connectivity index (χ1v) is 17.8. The zero-order chi connectivity index (χ0) is 28.4. The number of alkyl halides is 1. The van der Waals surface area contributed by atoms with E-state index in [0.29, 0.717) is 33.7 Å². The largest absolute Gasteiger partial charge is 0.464 e. The first-order valence-electron chi connectivity index (χ1n) is 16.0. The number of hydrogen-bond donors (Lipinski definition) is 1. The second-order valence-electron chi connectivity index (χ2n) is 15.0. The van der Waals surface area contributed by atoms with Gasteiger partial charge in [0.25, 0.3) is 5.23 Å². The third-order valence-corrected chi connectivity index (χ3v) is 15.3. The minimum Gasteiger partial charge on any atom is -0.464 e. The highest BCUT2D eigenvalue weighted by atomic mass is 79.9. The van der Waals surface area contributed by atoms with Crippen molar-refractivity contribution in [3.8, 4) is 0 Å². The molecule has 1 unspecified atom stereocenters. The Hall–Kier alpha value is -0.590. The van der Waals surface area contributed by atoms with Crippen molar-refractivity contribution in [2.24, 2.45) is 51.3 Å². The van der Waals surface area contributed by atoms with Gasteiger partial charge >= 0.3 is 0 Å². The van der Waals surface area contributed by atoms with Crippen molar-refractivity contribution in [2.75, 3.05) is 0 Å². The molecule has 4 saturated carbocycles. The SMILES string of the molecule is CC(C)CCC[C@@H](C)[C@H]1CC[C@H]2[C@@H]3[C@H](Br)[C@H]4SC(=Nc5ccc(F)cc5)O[C@@]45CC(O)CC[C@]5(C)[C@H]3CC[C@]12C. The first kappa shape index (κ1) is 29.5. The van der Waals surface area contributed by atoms with E-state index in [4.69, 9.17) is 9.73 Å². The summed E-state index contributed by atoms with van der Waals surface area (Å²) in [7, 11) is 0. The van der Waals surface area contributed by atoms with Gasteiger partial charge in [-0.25, -0.2) is 9.38 Å². The Morgan fingerprint density at radius 2 is 1.80 bits per heavy atom. The van der Waals surface area contributed by atoms with Gasteiger partial charge in [-0.1, -0.05) is 81.6 Å². The Labute approximate surface area is 254 Å². The lowest BCUT2D eigenvalue weighted by Gasteiger charge is -2.66. The molecule has 1 saturated heterocycles. The lowest BCUT2D eigenvalue weighted by atomic mass is 9.42. The minimum absolute atomic E-state index is 0.00119. The highest BCUT2D eigenvalue weighted by Gasteiger charge is 2.74. The van der Waals surface area contributed by atoms with Crippen LogP contribution in [0.1, 0.15) is 98.8 Å². The molecule has 0 bridgehead atoms. The number of hydrogen-bond acceptors (Lipinski definition) is 4. The Morgan fingerprint density at radius 3 is 2.52 bits per heavy atom. The van der Waals surface area contributed by atoms with Crippen LogP contribution in [0.15, 0.2) is 29.3 Å². The standard InChI is InChI=1S/C34H49BrFNO2S/c1-20(2)7-6-8-21(3)25-13-14-26-28-27(16-17-32(25,26)4)33(5)18-15-24(38)19-34(33)30(29(28)35)40-31(39-34)37-23-11-9-22(36)10-12-23/h9-12,20-21,24-30,38H,6-8,13-19H2,1-5H3/t21-,24?,25-,26+,27+,28+,29+,30-,32-,33-,34+/m1/s1.